The topological polar surface area (TPSA) is 3.24 Å². The highest BCUT2D eigenvalue weighted by molar-refractivity contribution is 7.80. The van der Waals surface area contributed by atoms with Gasteiger partial charge in [0, 0.05) is 6.54 Å². The van der Waals surface area contributed by atoms with Gasteiger partial charge in [-0.2, -0.15) is 12.6 Å². The lowest BCUT2D eigenvalue weighted by atomic mass is 9.96. The fourth-order valence-electron chi connectivity index (χ4n) is 1.29. The van der Waals surface area contributed by atoms with Crippen LogP contribution >= 0.6 is 12.6 Å². The van der Waals surface area contributed by atoms with Gasteiger partial charge in [0.1, 0.15) is 0 Å². The van der Waals surface area contributed by atoms with Crippen LogP contribution in [-0.4, -0.2) is 30.8 Å². The first kappa shape index (κ1) is 12.3. The van der Waals surface area contributed by atoms with Crippen molar-refractivity contribution in [2.75, 3.05) is 25.9 Å². The number of thiol groups is 1. The van der Waals surface area contributed by atoms with Crippen LogP contribution in [0.3, 0.4) is 0 Å². The summed E-state index contributed by atoms with van der Waals surface area (Å²) in [6.07, 6.45) is 2.59. The van der Waals surface area contributed by atoms with Gasteiger partial charge in [-0.15, -0.1) is 0 Å². The van der Waals surface area contributed by atoms with Crippen molar-refractivity contribution < 1.29 is 0 Å². The van der Waals surface area contributed by atoms with Crippen LogP contribution in [0.15, 0.2) is 0 Å². The third-order valence-corrected chi connectivity index (χ3v) is 2.88. The lowest BCUT2D eigenvalue weighted by Crippen LogP contribution is -2.33. The van der Waals surface area contributed by atoms with Gasteiger partial charge in [0.25, 0.3) is 0 Å². The first-order valence-corrected chi connectivity index (χ1v) is 5.44. The average molecular weight is 189 g/mol. The summed E-state index contributed by atoms with van der Waals surface area (Å²) < 4.78 is 0. The predicted octanol–water partition coefficient (Wildman–Crippen LogP) is 2.67. The maximum Gasteiger partial charge on any atom is 0.00374 e. The van der Waals surface area contributed by atoms with Crippen LogP contribution < -0.4 is 0 Å². The van der Waals surface area contributed by atoms with Gasteiger partial charge in [-0.05, 0) is 31.2 Å². The highest BCUT2D eigenvalue weighted by Crippen LogP contribution is 2.17. The molecule has 0 aliphatic rings. The minimum atomic E-state index is 0.353. The van der Waals surface area contributed by atoms with E-state index in [0.717, 1.165) is 12.3 Å². The van der Waals surface area contributed by atoms with Gasteiger partial charge in [0.2, 0.25) is 0 Å². The normalized spacial score (nSPS) is 12.5. The van der Waals surface area contributed by atoms with Crippen molar-refractivity contribution in [2.45, 2.75) is 33.6 Å². The van der Waals surface area contributed by atoms with Crippen LogP contribution in [0.1, 0.15) is 33.6 Å². The molecule has 0 heterocycles. The van der Waals surface area contributed by atoms with Gasteiger partial charge in [0.15, 0.2) is 0 Å². The third-order valence-electron chi connectivity index (χ3n) is 2.02. The SMILES string of the molecule is CCCCN(C)CC(C)(C)CS. The Labute approximate surface area is 82.9 Å². The smallest absolute Gasteiger partial charge is 0.00374 e. The number of nitrogens with zero attached hydrogens (tertiary/aromatic N) is 1. The first-order valence-electron chi connectivity index (χ1n) is 4.81. The summed E-state index contributed by atoms with van der Waals surface area (Å²) in [6, 6.07) is 0. The zero-order valence-electron chi connectivity index (χ0n) is 8.93. The van der Waals surface area contributed by atoms with E-state index < -0.39 is 0 Å². The number of unbranched alkanes of at least 4 members (excludes halogenated alkanes) is 1. The molecule has 0 aromatic heterocycles. The van der Waals surface area contributed by atoms with Gasteiger partial charge in [0.05, 0.1) is 0 Å². The molecule has 0 aliphatic heterocycles. The summed E-state index contributed by atoms with van der Waals surface area (Å²) in [5.74, 6) is 0.962. The highest BCUT2D eigenvalue weighted by atomic mass is 32.1. The lowest BCUT2D eigenvalue weighted by molar-refractivity contribution is 0.229. The fourth-order valence-corrected chi connectivity index (χ4v) is 1.39. The molecule has 2 heteroatoms. The van der Waals surface area contributed by atoms with Crippen molar-refractivity contribution in [3.05, 3.63) is 0 Å². The maximum atomic E-state index is 4.34. The van der Waals surface area contributed by atoms with E-state index in [9.17, 15) is 0 Å². The van der Waals surface area contributed by atoms with Crippen molar-refractivity contribution in [3.63, 3.8) is 0 Å². The van der Waals surface area contributed by atoms with E-state index in [1.54, 1.807) is 0 Å². The van der Waals surface area contributed by atoms with Crippen LogP contribution in [-0.2, 0) is 0 Å². The molecular weight excluding hydrogens is 166 g/mol. The van der Waals surface area contributed by atoms with Crippen LogP contribution in [0.2, 0.25) is 0 Å². The maximum absolute atomic E-state index is 4.34. The molecule has 0 amide bonds. The second kappa shape index (κ2) is 5.87. The number of rotatable bonds is 6. The molecule has 0 aromatic rings. The van der Waals surface area contributed by atoms with Crippen molar-refractivity contribution in [3.8, 4) is 0 Å². The number of hydrogen-bond acceptors (Lipinski definition) is 2. The predicted molar refractivity (Wildman–Crippen MR) is 60.0 cm³/mol. The summed E-state index contributed by atoms with van der Waals surface area (Å²) in [5.41, 5.74) is 0.353. The molecule has 0 rings (SSSR count). The Morgan fingerprint density at radius 1 is 1.33 bits per heavy atom. The third kappa shape index (κ3) is 5.90. The van der Waals surface area contributed by atoms with E-state index in [4.69, 9.17) is 0 Å². The van der Waals surface area contributed by atoms with Gasteiger partial charge < -0.3 is 4.90 Å². The van der Waals surface area contributed by atoms with Crippen molar-refractivity contribution in [2.24, 2.45) is 5.41 Å². The molecule has 0 spiro atoms. The summed E-state index contributed by atoms with van der Waals surface area (Å²) in [5, 5.41) is 0. The Morgan fingerprint density at radius 2 is 1.92 bits per heavy atom. The molecule has 0 radical (unpaired) electrons. The van der Waals surface area contributed by atoms with Gasteiger partial charge in [-0.1, -0.05) is 27.2 Å². The van der Waals surface area contributed by atoms with Gasteiger partial charge in [-0.3, -0.25) is 0 Å². The molecule has 0 bridgehead atoms. The Balaban J connectivity index is 3.60. The van der Waals surface area contributed by atoms with E-state index in [0.29, 0.717) is 5.41 Å². The van der Waals surface area contributed by atoms with Crippen LogP contribution in [0.4, 0.5) is 0 Å². The van der Waals surface area contributed by atoms with E-state index >= 15 is 0 Å². The minimum absolute atomic E-state index is 0.353. The summed E-state index contributed by atoms with van der Waals surface area (Å²) in [6.45, 7) is 9.13. The van der Waals surface area contributed by atoms with Gasteiger partial charge >= 0.3 is 0 Å². The fraction of sp³-hybridized carbons (Fsp3) is 1.00. The van der Waals surface area contributed by atoms with E-state index in [1.165, 1.54) is 19.4 Å². The van der Waals surface area contributed by atoms with Crippen LogP contribution in [0.5, 0.6) is 0 Å². The second-order valence-electron chi connectivity index (χ2n) is 4.41. The summed E-state index contributed by atoms with van der Waals surface area (Å²) in [4.78, 5) is 2.40. The van der Waals surface area contributed by atoms with E-state index in [1.807, 2.05) is 0 Å². The van der Waals surface area contributed by atoms with E-state index in [-0.39, 0.29) is 0 Å². The number of hydrogen-bond donors (Lipinski definition) is 1. The molecule has 0 fully saturated rings. The molecule has 12 heavy (non-hydrogen) atoms. The molecule has 0 atom stereocenters. The van der Waals surface area contributed by atoms with Crippen molar-refractivity contribution in [1.29, 1.82) is 0 Å². The lowest BCUT2D eigenvalue weighted by Gasteiger charge is -2.28. The molecule has 0 N–H and O–H groups in total. The largest absolute Gasteiger partial charge is 0.306 e. The van der Waals surface area contributed by atoms with Crippen molar-refractivity contribution >= 4 is 12.6 Å². The molecule has 0 unspecified atom stereocenters. The van der Waals surface area contributed by atoms with E-state index in [2.05, 4.69) is 45.3 Å². The molecular formula is C10H23NS. The Hall–Kier alpha value is 0.310. The zero-order valence-corrected chi connectivity index (χ0v) is 9.82. The Kier molecular flexibility index (Phi) is 6.02. The molecule has 0 saturated heterocycles. The van der Waals surface area contributed by atoms with Crippen LogP contribution in [0.25, 0.3) is 0 Å². The Morgan fingerprint density at radius 3 is 2.33 bits per heavy atom. The quantitative estimate of drug-likeness (QED) is 0.629. The zero-order chi connectivity index (χ0) is 9.61. The average Bonchev–Trinajstić information content (AvgIpc) is 2.00. The minimum Gasteiger partial charge on any atom is -0.306 e. The Bertz CT molecular complexity index is 112. The van der Waals surface area contributed by atoms with Crippen molar-refractivity contribution in [1.82, 2.24) is 4.90 Å². The molecule has 0 aliphatic carbocycles. The molecule has 0 saturated carbocycles. The summed E-state index contributed by atoms with van der Waals surface area (Å²) >= 11 is 4.34. The molecule has 74 valence electrons. The molecule has 0 aromatic carbocycles. The standard InChI is InChI=1S/C10H23NS/c1-5-6-7-11(4)8-10(2,3)9-12/h12H,5-9H2,1-4H3. The van der Waals surface area contributed by atoms with Crippen LogP contribution in [0, 0.1) is 5.41 Å². The van der Waals surface area contributed by atoms with Gasteiger partial charge in [-0.25, -0.2) is 0 Å². The highest BCUT2D eigenvalue weighted by Gasteiger charge is 2.17. The first-order chi connectivity index (χ1) is 5.52. The second-order valence-corrected chi connectivity index (χ2v) is 4.73. The molecule has 1 nitrogen and oxygen atoms in total. The summed E-state index contributed by atoms with van der Waals surface area (Å²) in [7, 11) is 2.20. The monoisotopic (exact) mass is 189 g/mol.